The average Bonchev–Trinajstić information content (AvgIpc) is 2.71. The molecule has 1 aliphatic carbocycles. The van der Waals surface area contributed by atoms with Gasteiger partial charge in [0.05, 0.1) is 22.7 Å². The first kappa shape index (κ1) is 14.2. The molecular formula is C14H26N2OS. The van der Waals surface area contributed by atoms with Crippen molar-refractivity contribution < 1.29 is 4.74 Å². The van der Waals surface area contributed by atoms with Crippen LogP contribution in [0.25, 0.3) is 0 Å². The Bertz CT molecular complexity index is 302. The minimum absolute atomic E-state index is 0.159. The van der Waals surface area contributed by atoms with Gasteiger partial charge in [0.1, 0.15) is 0 Å². The summed E-state index contributed by atoms with van der Waals surface area (Å²) in [5, 5.41) is 0. The molecule has 2 N–H and O–H groups in total. The minimum atomic E-state index is 0.159. The lowest BCUT2D eigenvalue weighted by molar-refractivity contribution is -0.0709. The van der Waals surface area contributed by atoms with Gasteiger partial charge in [0.2, 0.25) is 0 Å². The Balaban J connectivity index is 1.83. The van der Waals surface area contributed by atoms with Crippen LogP contribution in [-0.2, 0) is 4.74 Å². The van der Waals surface area contributed by atoms with E-state index in [1.165, 1.54) is 44.9 Å². The summed E-state index contributed by atoms with van der Waals surface area (Å²) in [6, 6.07) is 0.159. The molecule has 3 nitrogen and oxygen atoms in total. The summed E-state index contributed by atoms with van der Waals surface area (Å²) in [6.07, 6.45) is 9.38. The van der Waals surface area contributed by atoms with Gasteiger partial charge in [-0.2, -0.15) is 0 Å². The number of nitrogens with two attached hydrogens (primary N) is 1. The quantitative estimate of drug-likeness (QED) is 0.797. The van der Waals surface area contributed by atoms with Crippen molar-refractivity contribution in [3.05, 3.63) is 0 Å². The van der Waals surface area contributed by atoms with Gasteiger partial charge in [-0.15, -0.1) is 0 Å². The highest BCUT2D eigenvalue weighted by Gasteiger charge is 2.41. The van der Waals surface area contributed by atoms with Crippen LogP contribution in [-0.4, -0.2) is 41.2 Å². The zero-order valence-electron chi connectivity index (χ0n) is 11.7. The largest absolute Gasteiger partial charge is 0.392 e. The standard InChI is InChI=1S/C14H26N2OS/c1-11(13(15)18)16(2)10-12-6-9-14(17-12)7-4-3-5-8-14/h11-12H,3-10H2,1-2H3,(H2,15,18). The molecule has 2 rings (SSSR count). The first-order chi connectivity index (χ1) is 8.52. The molecule has 2 atom stereocenters. The predicted molar refractivity (Wildman–Crippen MR) is 78.8 cm³/mol. The lowest BCUT2D eigenvalue weighted by Gasteiger charge is -2.34. The predicted octanol–water partition coefficient (Wildman–Crippen LogP) is 2.47. The Morgan fingerprint density at radius 2 is 2.06 bits per heavy atom. The highest BCUT2D eigenvalue weighted by molar-refractivity contribution is 7.80. The van der Waals surface area contributed by atoms with Gasteiger partial charge < -0.3 is 10.5 Å². The van der Waals surface area contributed by atoms with Crippen LogP contribution >= 0.6 is 12.2 Å². The second-order valence-corrected chi connectivity index (χ2v) is 6.51. The van der Waals surface area contributed by atoms with Crippen molar-refractivity contribution in [2.45, 2.75) is 69.6 Å². The van der Waals surface area contributed by atoms with E-state index < -0.39 is 0 Å². The van der Waals surface area contributed by atoms with E-state index >= 15 is 0 Å². The average molecular weight is 270 g/mol. The molecule has 1 spiro atoms. The molecule has 0 radical (unpaired) electrons. The highest BCUT2D eigenvalue weighted by Crippen LogP contribution is 2.41. The molecule has 2 fully saturated rings. The van der Waals surface area contributed by atoms with E-state index in [4.69, 9.17) is 22.7 Å². The monoisotopic (exact) mass is 270 g/mol. The highest BCUT2D eigenvalue weighted by atomic mass is 32.1. The number of nitrogens with zero attached hydrogens (tertiary/aromatic N) is 1. The molecular weight excluding hydrogens is 244 g/mol. The van der Waals surface area contributed by atoms with E-state index in [1.54, 1.807) is 0 Å². The molecule has 104 valence electrons. The number of ether oxygens (including phenoxy) is 1. The van der Waals surface area contributed by atoms with Gasteiger partial charge in [-0.05, 0) is 39.7 Å². The number of thiocarbonyl (C=S) groups is 1. The first-order valence-corrected chi connectivity index (χ1v) is 7.61. The zero-order valence-corrected chi connectivity index (χ0v) is 12.5. The molecule has 1 saturated carbocycles. The van der Waals surface area contributed by atoms with Gasteiger partial charge in [-0.1, -0.05) is 31.5 Å². The lowest BCUT2D eigenvalue weighted by Crippen LogP contribution is -2.43. The van der Waals surface area contributed by atoms with Crippen LogP contribution in [0.15, 0.2) is 0 Å². The fourth-order valence-electron chi connectivity index (χ4n) is 3.28. The van der Waals surface area contributed by atoms with Gasteiger partial charge in [0.25, 0.3) is 0 Å². The molecule has 0 aromatic heterocycles. The van der Waals surface area contributed by atoms with E-state index in [0.29, 0.717) is 11.1 Å². The molecule has 0 bridgehead atoms. The normalized spacial score (nSPS) is 28.7. The third-order valence-corrected chi connectivity index (χ3v) is 5.01. The number of hydrogen-bond donors (Lipinski definition) is 1. The van der Waals surface area contributed by atoms with Crippen molar-refractivity contribution in [2.75, 3.05) is 13.6 Å². The van der Waals surface area contributed by atoms with Crippen LogP contribution in [0, 0.1) is 0 Å². The Kier molecular flexibility index (Phi) is 4.62. The minimum Gasteiger partial charge on any atom is -0.392 e. The van der Waals surface area contributed by atoms with Crippen LogP contribution in [0.2, 0.25) is 0 Å². The van der Waals surface area contributed by atoms with Gasteiger partial charge in [-0.25, -0.2) is 0 Å². The van der Waals surface area contributed by atoms with Crippen molar-refractivity contribution in [2.24, 2.45) is 5.73 Å². The Morgan fingerprint density at radius 3 is 2.67 bits per heavy atom. The van der Waals surface area contributed by atoms with E-state index in [-0.39, 0.29) is 11.6 Å². The van der Waals surface area contributed by atoms with E-state index in [1.807, 2.05) is 0 Å². The molecule has 0 amide bonds. The van der Waals surface area contributed by atoms with Gasteiger partial charge >= 0.3 is 0 Å². The molecule has 2 unspecified atom stereocenters. The van der Waals surface area contributed by atoms with Gasteiger partial charge in [0, 0.05) is 6.54 Å². The van der Waals surface area contributed by atoms with Crippen LogP contribution < -0.4 is 5.73 Å². The smallest absolute Gasteiger partial charge is 0.0899 e. The Morgan fingerprint density at radius 1 is 1.39 bits per heavy atom. The van der Waals surface area contributed by atoms with Crippen molar-refractivity contribution in [3.8, 4) is 0 Å². The molecule has 0 aromatic carbocycles. The van der Waals surface area contributed by atoms with Crippen LogP contribution in [0.3, 0.4) is 0 Å². The van der Waals surface area contributed by atoms with Gasteiger partial charge in [0.15, 0.2) is 0 Å². The second kappa shape index (κ2) is 5.85. The molecule has 18 heavy (non-hydrogen) atoms. The summed E-state index contributed by atoms with van der Waals surface area (Å²) in [5.74, 6) is 0. The van der Waals surface area contributed by atoms with Crippen LogP contribution in [0.1, 0.15) is 51.9 Å². The summed E-state index contributed by atoms with van der Waals surface area (Å²) in [4.78, 5) is 2.79. The SMILES string of the molecule is CC(C(N)=S)N(C)CC1CCC2(CCCCC2)O1. The number of rotatable bonds is 4. The summed E-state index contributed by atoms with van der Waals surface area (Å²) >= 11 is 5.05. The van der Waals surface area contributed by atoms with Gasteiger partial charge in [-0.3, -0.25) is 4.90 Å². The van der Waals surface area contributed by atoms with Crippen molar-refractivity contribution >= 4 is 17.2 Å². The van der Waals surface area contributed by atoms with Crippen molar-refractivity contribution in [1.82, 2.24) is 4.90 Å². The summed E-state index contributed by atoms with van der Waals surface area (Å²) in [7, 11) is 2.08. The molecule has 1 aliphatic heterocycles. The van der Waals surface area contributed by atoms with Crippen molar-refractivity contribution in [1.29, 1.82) is 0 Å². The van der Waals surface area contributed by atoms with Crippen molar-refractivity contribution in [3.63, 3.8) is 0 Å². The van der Waals surface area contributed by atoms with Crippen LogP contribution in [0.4, 0.5) is 0 Å². The maximum atomic E-state index is 6.36. The molecule has 4 heteroatoms. The lowest BCUT2D eigenvalue weighted by atomic mass is 9.83. The maximum Gasteiger partial charge on any atom is 0.0899 e. The fraction of sp³-hybridized carbons (Fsp3) is 0.929. The number of likely N-dealkylation sites (N-methyl/N-ethyl adjacent to an activating group) is 1. The summed E-state index contributed by atoms with van der Waals surface area (Å²) in [5.41, 5.74) is 5.91. The zero-order chi connectivity index (χ0) is 13.2. The molecule has 2 aliphatic rings. The molecule has 1 heterocycles. The first-order valence-electron chi connectivity index (χ1n) is 7.20. The van der Waals surface area contributed by atoms with E-state index in [9.17, 15) is 0 Å². The van der Waals surface area contributed by atoms with E-state index in [0.717, 1.165) is 6.54 Å². The summed E-state index contributed by atoms with van der Waals surface area (Å²) in [6.45, 7) is 3.01. The van der Waals surface area contributed by atoms with Crippen LogP contribution in [0.5, 0.6) is 0 Å². The van der Waals surface area contributed by atoms with E-state index in [2.05, 4.69) is 18.9 Å². The molecule has 0 aromatic rings. The fourth-order valence-corrected chi connectivity index (χ4v) is 3.46. The summed E-state index contributed by atoms with van der Waals surface area (Å²) < 4.78 is 6.36. The third kappa shape index (κ3) is 3.22. The Hall–Kier alpha value is -0.190. The topological polar surface area (TPSA) is 38.5 Å². The molecule has 1 saturated heterocycles. The second-order valence-electron chi connectivity index (χ2n) is 6.04. The maximum absolute atomic E-state index is 6.36. The number of hydrogen-bond acceptors (Lipinski definition) is 3. The Labute approximate surface area is 116 Å². The third-order valence-electron chi connectivity index (χ3n) is 4.67.